The molecule has 1 rings (SSSR count). The van der Waals surface area contributed by atoms with Crippen molar-refractivity contribution >= 4 is 0 Å². The van der Waals surface area contributed by atoms with Crippen LogP contribution in [0.5, 0.6) is 0 Å². The Balaban J connectivity index is 2.31. The Morgan fingerprint density at radius 3 is 2.61 bits per heavy atom. The average molecular weight is 242 g/mol. The molecule has 0 amide bonds. The van der Waals surface area contributed by atoms with E-state index in [0.29, 0.717) is 0 Å². The predicted octanol–water partition coefficient (Wildman–Crippen LogP) is 4.67. The number of rotatable bonds is 7. The van der Waals surface area contributed by atoms with Crippen LogP contribution in [0.3, 0.4) is 0 Å². The molecule has 1 aromatic rings. The van der Waals surface area contributed by atoms with Crippen molar-refractivity contribution in [1.82, 2.24) is 0 Å². The molecular formula is C17H22O. The van der Waals surface area contributed by atoms with Gasteiger partial charge < -0.3 is 4.74 Å². The first-order valence-electron chi connectivity index (χ1n) is 6.40. The van der Waals surface area contributed by atoms with E-state index in [0.717, 1.165) is 30.8 Å². The van der Waals surface area contributed by atoms with Crippen molar-refractivity contribution in [3.05, 3.63) is 72.0 Å². The van der Waals surface area contributed by atoms with E-state index >= 15 is 0 Å². The molecule has 0 radical (unpaired) electrons. The predicted molar refractivity (Wildman–Crippen MR) is 78.4 cm³/mol. The van der Waals surface area contributed by atoms with Crippen LogP contribution >= 0.6 is 0 Å². The van der Waals surface area contributed by atoms with Crippen molar-refractivity contribution in [3.8, 4) is 0 Å². The highest BCUT2D eigenvalue weighted by Crippen LogP contribution is 2.07. The highest BCUT2D eigenvalue weighted by atomic mass is 16.5. The van der Waals surface area contributed by atoms with Crippen LogP contribution in [0.2, 0.25) is 0 Å². The lowest BCUT2D eigenvalue weighted by Crippen LogP contribution is -1.96. The van der Waals surface area contributed by atoms with E-state index in [1.165, 1.54) is 5.56 Å². The smallest absolute Gasteiger partial charge is 0.115 e. The molecule has 1 aromatic carbocycles. The molecule has 0 saturated carbocycles. The van der Waals surface area contributed by atoms with Crippen molar-refractivity contribution in [2.75, 3.05) is 6.61 Å². The Hall–Kier alpha value is -1.76. The first-order valence-corrected chi connectivity index (χ1v) is 6.40. The molecule has 0 saturated heterocycles. The molecule has 1 nitrogen and oxygen atoms in total. The summed E-state index contributed by atoms with van der Waals surface area (Å²) in [5.41, 5.74) is 2.48. The Morgan fingerprint density at radius 2 is 2.00 bits per heavy atom. The van der Waals surface area contributed by atoms with Gasteiger partial charge in [0.25, 0.3) is 0 Å². The maximum atomic E-state index is 5.72. The fourth-order valence-corrected chi connectivity index (χ4v) is 1.60. The SMILES string of the molecule is C=C/C(C)=C\C(=C/C)OCCCc1ccccc1. The van der Waals surface area contributed by atoms with Gasteiger partial charge in [-0.05, 0) is 50.0 Å². The van der Waals surface area contributed by atoms with Crippen LogP contribution in [-0.4, -0.2) is 6.61 Å². The second kappa shape index (κ2) is 8.35. The lowest BCUT2D eigenvalue weighted by Gasteiger charge is -2.07. The van der Waals surface area contributed by atoms with Gasteiger partial charge in [0, 0.05) is 0 Å². The Labute approximate surface area is 110 Å². The minimum absolute atomic E-state index is 0.746. The number of ether oxygens (including phenoxy) is 1. The first kappa shape index (κ1) is 14.3. The first-order chi connectivity index (χ1) is 8.76. The van der Waals surface area contributed by atoms with Crippen LogP contribution in [-0.2, 0) is 11.2 Å². The second-order valence-corrected chi connectivity index (χ2v) is 4.22. The number of hydrogen-bond donors (Lipinski definition) is 0. The minimum Gasteiger partial charge on any atom is -0.494 e. The molecule has 0 N–H and O–H groups in total. The molecule has 0 aromatic heterocycles. The van der Waals surface area contributed by atoms with Crippen molar-refractivity contribution in [3.63, 3.8) is 0 Å². The summed E-state index contributed by atoms with van der Waals surface area (Å²) in [5.74, 6) is 0.917. The van der Waals surface area contributed by atoms with E-state index < -0.39 is 0 Å². The summed E-state index contributed by atoms with van der Waals surface area (Å²) in [6.07, 6.45) is 7.91. The van der Waals surface area contributed by atoms with Crippen molar-refractivity contribution < 1.29 is 4.74 Å². The van der Waals surface area contributed by atoms with Crippen molar-refractivity contribution in [2.24, 2.45) is 0 Å². The zero-order valence-electron chi connectivity index (χ0n) is 11.4. The van der Waals surface area contributed by atoms with Crippen LogP contribution in [0.1, 0.15) is 25.8 Å². The Morgan fingerprint density at radius 1 is 1.28 bits per heavy atom. The van der Waals surface area contributed by atoms with Crippen LogP contribution in [0.25, 0.3) is 0 Å². The molecule has 0 fully saturated rings. The highest BCUT2D eigenvalue weighted by molar-refractivity contribution is 5.23. The van der Waals surface area contributed by atoms with Gasteiger partial charge in [-0.2, -0.15) is 0 Å². The van der Waals surface area contributed by atoms with E-state index in [4.69, 9.17) is 4.74 Å². The van der Waals surface area contributed by atoms with Gasteiger partial charge in [0.2, 0.25) is 0 Å². The van der Waals surface area contributed by atoms with Crippen LogP contribution in [0, 0.1) is 0 Å². The fraction of sp³-hybridized carbons (Fsp3) is 0.294. The molecule has 0 aliphatic carbocycles. The summed E-state index contributed by atoms with van der Waals surface area (Å²) >= 11 is 0. The summed E-state index contributed by atoms with van der Waals surface area (Å²) in [7, 11) is 0. The molecule has 96 valence electrons. The molecule has 0 heterocycles. The number of benzene rings is 1. The summed E-state index contributed by atoms with van der Waals surface area (Å²) < 4.78 is 5.72. The molecular weight excluding hydrogens is 220 g/mol. The van der Waals surface area contributed by atoms with Gasteiger partial charge in [0.05, 0.1) is 6.61 Å². The summed E-state index contributed by atoms with van der Waals surface area (Å²) in [6.45, 7) is 8.48. The zero-order chi connectivity index (χ0) is 13.2. The van der Waals surface area contributed by atoms with Gasteiger partial charge >= 0.3 is 0 Å². The lowest BCUT2D eigenvalue weighted by atomic mass is 10.1. The minimum atomic E-state index is 0.746. The number of allylic oxidation sites excluding steroid dienone is 4. The monoisotopic (exact) mass is 242 g/mol. The molecule has 0 aliphatic rings. The number of hydrogen-bond acceptors (Lipinski definition) is 1. The largest absolute Gasteiger partial charge is 0.494 e. The molecule has 0 unspecified atom stereocenters. The van der Waals surface area contributed by atoms with Gasteiger partial charge in [-0.1, -0.05) is 43.0 Å². The van der Waals surface area contributed by atoms with Crippen LogP contribution in [0.4, 0.5) is 0 Å². The van der Waals surface area contributed by atoms with Gasteiger partial charge in [0.15, 0.2) is 0 Å². The standard InChI is InChI=1S/C17H22O/c1-4-15(3)14-17(5-2)18-13-9-12-16-10-7-6-8-11-16/h4-8,10-11,14H,1,9,12-13H2,2-3H3/b15-14-,17-5+. The van der Waals surface area contributed by atoms with Gasteiger partial charge in [-0.3, -0.25) is 0 Å². The van der Waals surface area contributed by atoms with E-state index in [1.807, 2.05) is 38.1 Å². The maximum absolute atomic E-state index is 5.72. The van der Waals surface area contributed by atoms with E-state index in [9.17, 15) is 0 Å². The Kier molecular flexibility index (Phi) is 6.63. The lowest BCUT2D eigenvalue weighted by molar-refractivity contribution is 0.220. The van der Waals surface area contributed by atoms with E-state index in [1.54, 1.807) is 0 Å². The molecule has 0 bridgehead atoms. The molecule has 18 heavy (non-hydrogen) atoms. The normalized spacial score (nSPS) is 12.3. The maximum Gasteiger partial charge on any atom is 0.115 e. The molecule has 1 heteroatoms. The van der Waals surface area contributed by atoms with E-state index in [2.05, 4.69) is 30.8 Å². The van der Waals surface area contributed by atoms with E-state index in [-0.39, 0.29) is 0 Å². The van der Waals surface area contributed by atoms with Crippen LogP contribution < -0.4 is 0 Å². The summed E-state index contributed by atoms with van der Waals surface area (Å²) in [6, 6.07) is 10.5. The van der Waals surface area contributed by atoms with Gasteiger partial charge in [-0.15, -0.1) is 0 Å². The topological polar surface area (TPSA) is 9.23 Å². The molecule has 0 aliphatic heterocycles. The van der Waals surface area contributed by atoms with Crippen molar-refractivity contribution in [1.29, 1.82) is 0 Å². The zero-order valence-corrected chi connectivity index (χ0v) is 11.4. The number of aryl methyl sites for hydroxylation is 1. The molecule has 0 spiro atoms. The second-order valence-electron chi connectivity index (χ2n) is 4.22. The summed E-state index contributed by atoms with van der Waals surface area (Å²) in [4.78, 5) is 0. The summed E-state index contributed by atoms with van der Waals surface area (Å²) in [5, 5.41) is 0. The van der Waals surface area contributed by atoms with Gasteiger partial charge in [-0.25, -0.2) is 0 Å². The van der Waals surface area contributed by atoms with Crippen LogP contribution in [0.15, 0.2) is 66.5 Å². The Bertz CT molecular complexity index is 412. The quantitative estimate of drug-likeness (QED) is 0.383. The average Bonchev–Trinajstić information content (AvgIpc) is 2.43. The third kappa shape index (κ3) is 5.53. The third-order valence-electron chi connectivity index (χ3n) is 2.70. The molecule has 0 atom stereocenters. The fourth-order valence-electron chi connectivity index (χ4n) is 1.60. The highest BCUT2D eigenvalue weighted by Gasteiger charge is 1.95. The van der Waals surface area contributed by atoms with Crippen molar-refractivity contribution in [2.45, 2.75) is 26.7 Å². The van der Waals surface area contributed by atoms with Gasteiger partial charge in [0.1, 0.15) is 5.76 Å². The third-order valence-corrected chi connectivity index (χ3v) is 2.70.